The molecule has 25 rings (SSSR count). The predicted molar refractivity (Wildman–Crippen MR) is 549 cm³/mol. The van der Waals surface area contributed by atoms with Gasteiger partial charge in [0.25, 0.3) is 0 Å². The summed E-state index contributed by atoms with van der Waals surface area (Å²) in [6.07, 6.45) is 0. The molecule has 0 bridgehead atoms. The number of rotatable bonds is 12. The van der Waals surface area contributed by atoms with Crippen molar-refractivity contribution in [2.24, 2.45) is 0 Å². The first-order valence-corrected chi connectivity index (χ1v) is 45.2. The van der Waals surface area contributed by atoms with Crippen LogP contribution in [0.4, 0.5) is 0 Å². The summed E-state index contributed by atoms with van der Waals surface area (Å²) in [6.45, 7) is 9.39. The Balaban J connectivity index is 0.000000113. The Bertz CT molecular complexity index is 8270. The molecule has 0 atom stereocenters. The van der Waals surface area contributed by atoms with E-state index in [1.807, 2.05) is 54.6 Å². The van der Waals surface area contributed by atoms with Gasteiger partial charge in [-0.3, -0.25) is 0 Å². The molecular formula is C125H87N7. The van der Waals surface area contributed by atoms with Gasteiger partial charge in [-0.2, -0.15) is 0 Å². The molecule has 3 heterocycles. The highest BCUT2D eigenvalue weighted by molar-refractivity contribution is 6.09. The van der Waals surface area contributed by atoms with Gasteiger partial charge < -0.3 is 0 Å². The van der Waals surface area contributed by atoms with E-state index in [-0.39, 0.29) is 10.8 Å². The molecule has 0 radical (unpaired) electrons. The van der Waals surface area contributed by atoms with Crippen molar-refractivity contribution < 1.29 is 0 Å². The lowest BCUT2D eigenvalue weighted by molar-refractivity contribution is 0.661. The quantitative estimate of drug-likeness (QED) is 0.120. The molecule has 0 N–H and O–H groups in total. The van der Waals surface area contributed by atoms with Crippen LogP contribution in [0.2, 0.25) is 0 Å². The second kappa shape index (κ2) is 33.4. The number of fused-ring (bicyclic) bond motifs is 12. The fourth-order valence-electron chi connectivity index (χ4n) is 19.6. The highest BCUT2D eigenvalue weighted by atomic mass is 15.0. The minimum atomic E-state index is -0.0922. The monoisotopic (exact) mass is 1690 g/mol. The second-order valence-electron chi connectivity index (χ2n) is 35.4. The van der Waals surface area contributed by atoms with E-state index in [1.165, 1.54) is 121 Å². The van der Waals surface area contributed by atoms with Crippen LogP contribution < -0.4 is 0 Å². The number of nitrogens with zero attached hydrogens (tertiary/aromatic N) is 7. The lowest BCUT2D eigenvalue weighted by Crippen LogP contribution is -2.15. The zero-order chi connectivity index (χ0) is 88.4. The van der Waals surface area contributed by atoms with Crippen LogP contribution in [0.15, 0.2) is 455 Å². The summed E-state index contributed by atoms with van der Waals surface area (Å²) in [7, 11) is 0. The third-order valence-corrected chi connectivity index (χ3v) is 26.6. The van der Waals surface area contributed by atoms with E-state index in [4.69, 9.17) is 34.9 Å². The molecule has 0 saturated carbocycles. The normalized spacial score (nSPS) is 12.5. The summed E-state index contributed by atoms with van der Waals surface area (Å²) < 4.78 is 0. The molecule has 622 valence electrons. The van der Waals surface area contributed by atoms with Gasteiger partial charge in [-0.25, -0.2) is 34.9 Å². The number of hydrogen-bond donors (Lipinski definition) is 0. The SMILES string of the molecule is CC1(C)c2cc(-c3ccc4nc(-c5cccc(-c6ccccc6)c5)c(-c5ccccc5)nc4c3)ccc2-c2cc3ccccc3cc21.CC1(C)c2ccccc2-c2c1cc1ccccc1c2-c1ccc2nc(-c3ccccc3)c(-c3ccccc3)nc2c1.c1ccc(-c2nc(-c3ccc(-c4ccc5ccccc5c4)cc3)nc(-c3ccc(-c4ccc5ccccc5c4)cc3)n2)cc1. The summed E-state index contributed by atoms with van der Waals surface area (Å²) in [6, 6.07) is 161. The first-order valence-electron chi connectivity index (χ1n) is 45.2. The number of benzene rings is 20. The molecule has 0 fully saturated rings. The molecule has 2 aliphatic rings. The minimum absolute atomic E-state index is 0.0770. The number of hydrogen-bond acceptors (Lipinski definition) is 7. The third-order valence-electron chi connectivity index (χ3n) is 26.6. The molecule has 0 amide bonds. The van der Waals surface area contributed by atoms with Gasteiger partial charge >= 0.3 is 0 Å². The van der Waals surface area contributed by atoms with Crippen LogP contribution in [0.25, 0.3) is 222 Å². The van der Waals surface area contributed by atoms with Crippen molar-refractivity contribution in [3.63, 3.8) is 0 Å². The molecule has 0 unspecified atom stereocenters. The lowest BCUT2D eigenvalue weighted by atomic mass is 9.80. The highest BCUT2D eigenvalue weighted by Gasteiger charge is 2.39. The maximum atomic E-state index is 5.31. The van der Waals surface area contributed by atoms with Crippen molar-refractivity contribution in [1.29, 1.82) is 0 Å². The molecule has 7 heteroatoms. The van der Waals surface area contributed by atoms with Gasteiger partial charge in [-0.05, 0) is 210 Å². The fraction of sp³-hybridized carbons (Fsp3) is 0.0480. The Morgan fingerprint density at radius 3 is 1.02 bits per heavy atom. The molecule has 23 aromatic rings. The lowest BCUT2D eigenvalue weighted by Gasteiger charge is -2.23. The zero-order valence-corrected chi connectivity index (χ0v) is 73.4. The number of aromatic nitrogens is 7. The Hall–Kier alpha value is -16.9. The van der Waals surface area contributed by atoms with E-state index in [1.54, 1.807) is 0 Å². The summed E-state index contributed by atoms with van der Waals surface area (Å²) >= 11 is 0. The average molecular weight is 1690 g/mol. The Morgan fingerprint density at radius 1 is 0.152 bits per heavy atom. The largest absolute Gasteiger partial charge is 0.244 e. The molecule has 0 saturated heterocycles. The average Bonchev–Trinajstić information content (AvgIpc) is 1.56. The maximum Gasteiger partial charge on any atom is 0.164 e. The van der Waals surface area contributed by atoms with Crippen molar-refractivity contribution in [3.8, 4) is 157 Å². The summed E-state index contributed by atoms with van der Waals surface area (Å²) in [5.74, 6) is 1.96. The molecule has 20 aromatic carbocycles. The van der Waals surface area contributed by atoms with Gasteiger partial charge in [-0.15, -0.1) is 0 Å². The zero-order valence-electron chi connectivity index (χ0n) is 73.4. The van der Waals surface area contributed by atoms with Gasteiger partial charge in [0.15, 0.2) is 17.5 Å². The van der Waals surface area contributed by atoms with Crippen molar-refractivity contribution in [3.05, 3.63) is 477 Å². The summed E-state index contributed by atoms with van der Waals surface area (Å²) in [5.41, 5.74) is 36.7. The topological polar surface area (TPSA) is 90.2 Å². The van der Waals surface area contributed by atoms with Crippen LogP contribution in [-0.4, -0.2) is 34.9 Å². The van der Waals surface area contributed by atoms with Crippen molar-refractivity contribution in [1.82, 2.24) is 34.9 Å². The molecule has 0 aliphatic heterocycles. The third kappa shape index (κ3) is 14.9. The van der Waals surface area contributed by atoms with Gasteiger partial charge in [0.05, 0.1) is 44.8 Å². The van der Waals surface area contributed by atoms with Crippen molar-refractivity contribution in [2.45, 2.75) is 38.5 Å². The van der Waals surface area contributed by atoms with E-state index >= 15 is 0 Å². The minimum Gasteiger partial charge on any atom is -0.244 e. The Labute approximate surface area is 767 Å². The van der Waals surface area contributed by atoms with Crippen LogP contribution in [0.1, 0.15) is 49.9 Å². The van der Waals surface area contributed by atoms with Gasteiger partial charge in [0, 0.05) is 49.8 Å². The van der Waals surface area contributed by atoms with Crippen LogP contribution in [0.3, 0.4) is 0 Å². The molecule has 2 aliphatic carbocycles. The molecule has 7 nitrogen and oxygen atoms in total. The first-order chi connectivity index (χ1) is 64.9. The van der Waals surface area contributed by atoms with Crippen LogP contribution in [-0.2, 0) is 10.8 Å². The van der Waals surface area contributed by atoms with E-state index in [2.05, 4.69) is 428 Å². The van der Waals surface area contributed by atoms with Crippen LogP contribution in [0.5, 0.6) is 0 Å². The Morgan fingerprint density at radius 2 is 0.477 bits per heavy atom. The van der Waals surface area contributed by atoms with Crippen LogP contribution in [0, 0.1) is 0 Å². The second-order valence-corrected chi connectivity index (χ2v) is 35.4. The summed E-state index contributed by atoms with van der Waals surface area (Å²) in [4.78, 5) is 35.8. The highest BCUT2D eigenvalue weighted by Crippen LogP contribution is 2.56. The van der Waals surface area contributed by atoms with Crippen molar-refractivity contribution in [2.75, 3.05) is 0 Å². The van der Waals surface area contributed by atoms with Crippen LogP contribution >= 0.6 is 0 Å². The summed E-state index contributed by atoms with van der Waals surface area (Å²) in [5, 5.41) is 10.0. The van der Waals surface area contributed by atoms with Gasteiger partial charge in [0.1, 0.15) is 0 Å². The van der Waals surface area contributed by atoms with E-state index < -0.39 is 0 Å². The van der Waals surface area contributed by atoms with Crippen molar-refractivity contribution >= 4 is 65.2 Å². The molecular weight excluding hydrogens is 1600 g/mol. The van der Waals surface area contributed by atoms with Gasteiger partial charge in [-0.1, -0.05) is 416 Å². The molecule has 132 heavy (non-hydrogen) atoms. The fourth-order valence-corrected chi connectivity index (χ4v) is 19.6. The molecule has 3 aromatic heterocycles. The molecule has 0 spiro atoms. The maximum absolute atomic E-state index is 5.31. The predicted octanol–water partition coefficient (Wildman–Crippen LogP) is 32.4. The van der Waals surface area contributed by atoms with Gasteiger partial charge in [0.2, 0.25) is 0 Å². The first kappa shape index (κ1) is 79.7. The standard InChI is InChI=1S/C45H32N2.C41H27N3.C39H28N2/c1-45(2)39-27-34(20-22-37(39)38-25-32-16-9-10-17-33(32)26-40(38)45)35-21-23-41-42(28-35)47-43(30-14-7-4-8-15-30)44(46-41)36-19-11-18-31(24-36)29-12-5-3-6-13-29;1-2-10-32(11-3-1)39-42-40(33-20-14-30(15-21-33)37-24-18-28-8-4-6-12-35(28)26-37)44-41(43-39)34-22-16-31(17-23-34)38-25-19-29-9-5-7-13-36(29)27-38;1-39(2)31-20-12-11-19-30(31)36-32(39)23-27-17-9-10-18-29(27)35(36)28-21-22-33-34(24-28)41-38(26-15-7-4-8-16-26)37(40-33)25-13-5-3-6-14-25/h3-28H,1-2H3;1-27H;3-24H,1-2H3. The smallest absolute Gasteiger partial charge is 0.164 e. The van der Waals surface area contributed by atoms with E-state index in [0.717, 1.165) is 106 Å². The Kier molecular flexibility index (Phi) is 20.2. The van der Waals surface area contributed by atoms with E-state index in [9.17, 15) is 0 Å². The van der Waals surface area contributed by atoms with E-state index in [0.29, 0.717) is 17.5 Å².